The Kier molecular flexibility index (Phi) is 1.20. The van der Waals surface area contributed by atoms with Crippen LogP contribution in [0.25, 0.3) is 0 Å². The average Bonchev–Trinajstić information content (AvgIpc) is 2.67. The highest BCUT2D eigenvalue weighted by Gasteiger charge is 2.40. The number of hydrogen-bond acceptors (Lipinski definition) is 2. The summed E-state index contributed by atoms with van der Waals surface area (Å²) < 4.78 is 0. The number of nitrogens with zero attached hydrogens (tertiary/aromatic N) is 1. The van der Waals surface area contributed by atoms with Gasteiger partial charge in [0, 0.05) is 6.42 Å². The van der Waals surface area contributed by atoms with Crippen LogP contribution in [0.3, 0.4) is 0 Å². The molecule has 1 saturated heterocycles. The van der Waals surface area contributed by atoms with Gasteiger partial charge in [0.1, 0.15) is 0 Å². The Hall–Kier alpha value is -0.570. The van der Waals surface area contributed by atoms with Crippen molar-refractivity contribution in [3.05, 3.63) is 0 Å². The van der Waals surface area contributed by atoms with Crippen molar-refractivity contribution in [1.82, 2.24) is 5.06 Å². The molecule has 10 heavy (non-hydrogen) atoms. The van der Waals surface area contributed by atoms with E-state index < -0.39 is 0 Å². The first-order valence-electron chi connectivity index (χ1n) is 3.80. The highest BCUT2D eigenvalue weighted by Crippen LogP contribution is 2.39. The van der Waals surface area contributed by atoms with Gasteiger partial charge in [0.15, 0.2) is 0 Å². The van der Waals surface area contributed by atoms with E-state index in [1.54, 1.807) is 0 Å². The minimum atomic E-state index is -0.100. The molecule has 1 aliphatic carbocycles. The zero-order chi connectivity index (χ0) is 7.14. The predicted molar refractivity (Wildman–Crippen MR) is 34.4 cm³/mol. The van der Waals surface area contributed by atoms with Crippen LogP contribution in [0.1, 0.15) is 25.7 Å². The summed E-state index contributed by atoms with van der Waals surface area (Å²) in [6.45, 7) is 0. The van der Waals surface area contributed by atoms with Crippen molar-refractivity contribution in [2.45, 2.75) is 31.7 Å². The van der Waals surface area contributed by atoms with Crippen molar-refractivity contribution < 1.29 is 10.0 Å². The van der Waals surface area contributed by atoms with Crippen LogP contribution < -0.4 is 0 Å². The molecule has 1 unspecified atom stereocenters. The first-order chi connectivity index (χ1) is 4.79. The molecule has 1 N–H and O–H groups in total. The molecule has 1 heterocycles. The third-order valence-corrected chi connectivity index (χ3v) is 2.39. The van der Waals surface area contributed by atoms with Gasteiger partial charge in [0.25, 0.3) is 0 Å². The molecule has 2 rings (SSSR count). The fourth-order valence-corrected chi connectivity index (χ4v) is 1.61. The van der Waals surface area contributed by atoms with Gasteiger partial charge >= 0.3 is 0 Å². The summed E-state index contributed by atoms with van der Waals surface area (Å²) in [7, 11) is 0. The topological polar surface area (TPSA) is 40.5 Å². The number of rotatable bonds is 1. The minimum Gasteiger partial charge on any atom is -0.286 e. The second-order valence-corrected chi connectivity index (χ2v) is 3.18. The molecule has 0 aromatic heterocycles. The van der Waals surface area contributed by atoms with Crippen LogP contribution in [-0.2, 0) is 4.79 Å². The first kappa shape index (κ1) is 6.16. The first-order valence-corrected chi connectivity index (χ1v) is 3.80. The van der Waals surface area contributed by atoms with Gasteiger partial charge in [-0.2, -0.15) is 0 Å². The van der Waals surface area contributed by atoms with Crippen LogP contribution >= 0.6 is 0 Å². The second kappa shape index (κ2) is 1.95. The minimum absolute atomic E-state index is 0.100. The lowest BCUT2D eigenvalue weighted by atomic mass is 10.1. The Morgan fingerprint density at radius 3 is 2.50 bits per heavy atom. The summed E-state index contributed by atoms with van der Waals surface area (Å²) in [6.07, 6.45) is 3.78. The normalized spacial score (nSPS) is 33.5. The van der Waals surface area contributed by atoms with Crippen LogP contribution in [0.5, 0.6) is 0 Å². The van der Waals surface area contributed by atoms with Crippen molar-refractivity contribution in [1.29, 1.82) is 0 Å². The summed E-state index contributed by atoms with van der Waals surface area (Å²) in [6, 6.07) is 0.160. The molecule has 2 fully saturated rings. The maximum absolute atomic E-state index is 10.8. The van der Waals surface area contributed by atoms with E-state index in [1.807, 2.05) is 0 Å². The molecule has 0 spiro atoms. The number of hydroxylamine groups is 2. The van der Waals surface area contributed by atoms with E-state index in [1.165, 1.54) is 12.8 Å². The van der Waals surface area contributed by atoms with E-state index in [4.69, 9.17) is 5.21 Å². The molecule has 0 bridgehead atoms. The molecule has 1 aliphatic heterocycles. The molecule has 1 amide bonds. The molecular formula is C7H11NO2. The average molecular weight is 141 g/mol. The van der Waals surface area contributed by atoms with E-state index in [0.717, 1.165) is 11.5 Å². The summed E-state index contributed by atoms with van der Waals surface area (Å²) in [5.41, 5.74) is 0. The van der Waals surface area contributed by atoms with E-state index in [9.17, 15) is 4.79 Å². The standard InChI is InChI=1S/C7H11NO2/c9-7-4-3-6(8(7)10)5-1-2-5/h5-6,10H,1-4H2. The predicted octanol–water partition coefficient (Wildman–Crippen LogP) is 0.777. The maximum atomic E-state index is 10.8. The van der Waals surface area contributed by atoms with Gasteiger partial charge in [-0.05, 0) is 25.2 Å². The SMILES string of the molecule is O=C1CCC(C2CC2)N1O. The Labute approximate surface area is 59.6 Å². The zero-order valence-corrected chi connectivity index (χ0v) is 5.79. The quantitative estimate of drug-likeness (QED) is 0.548. The van der Waals surface area contributed by atoms with Crippen molar-refractivity contribution in [3.63, 3.8) is 0 Å². The smallest absolute Gasteiger partial charge is 0.246 e. The number of amides is 1. The molecular weight excluding hydrogens is 130 g/mol. The van der Waals surface area contributed by atoms with Gasteiger partial charge in [0.2, 0.25) is 5.91 Å². The molecule has 0 radical (unpaired) electrons. The van der Waals surface area contributed by atoms with Crippen LogP contribution in [0, 0.1) is 5.92 Å². The third kappa shape index (κ3) is 0.814. The Bertz CT molecular complexity index is 165. The highest BCUT2D eigenvalue weighted by atomic mass is 16.5. The molecule has 0 aromatic rings. The van der Waals surface area contributed by atoms with E-state index in [-0.39, 0.29) is 11.9 Å². The van der Waals surface area contributed by atoms with Crippen LogP contribution in [0.15, 0.2) is 0 Å². The summed E-state index contributed by atoms with van der Waals surface area (Å²) >= 11 is 0. The van der Waals surface area contributed by atoms with Crippen molar-refractivity contribution >= 4 is 5.91 Å². The molecule has 1 atom stereocenters. The summed E-state index contributed by atoms with van der Waals surface area (Å²) in [5.74, 6) is 0.508. The molecule has 56 valence electrons. The van der Waals surface area contributed by atoms with Crippen molar-refractivity contribution in [3.8, 4) is 0 Å². The lowest BCUT2D eigenvalue weighted by Gasteiger charge is -2.15. The fourth-order valence-electron chi connectivity index (χ4n) is 1.61. The number of carbonyl (C=O) groups is 1. The lowest BCUT2D eigenvalue weighted by molar-refractivity contribution is -0.166. The van der Waals surface area contributed by atoms with Gasteiger partial charge in [-0.25, -0.2) is 5.06 Å². The largest absolute Gasteiger partial charge is 0.286 e. The Morgan fingerprint density at radius 2 is 2.10 bits per heavy atom. The van der Waals surface area contributed by atoms with Crippen molar-refractivity contribution in [2.24, 2.45) is 5.92 Å². The van der Waals surface area contributed by atoms with Crippen LogP contribution in [-0.4, -0.2) is 22.2 Å². The molecule has 1 saturated carbocycles. The zero-order valence-electron chi connectivity index (χ0n) is 5.79. The van der Waals surface area contributed by atoms with Gasteiger partial charge in [-0.3, -0.25) is 10.0 Å². The van der Waals surface area contributed by atoms with Crippen LogP contribution in [0.2, 0.25) is 0 Å². The van der Waals surface area contributed by atoms with Crippen molar-refractivity contribution in [2.75, 3.05) is 0 Å². The second-order valence-electron chi connectivity index (χ2n) is 3.18. The molecule has 3 heteroatoms. The van der Waals surface area contributed by atoms with Gasteiger partial charge in [-0.15, -0.1) is 0 Å². The monoisotopic (exact) mass is 141 g/mol. The fraction of sp³-hybridized carbons (Fsp3) is 0.857. The van der Waals surface area contributed by atoms with E-state index >= 15 is 0 Å². The number of carbonyl (C=O) groups excluding carboxylic acids is 1. The molecule has 3 nitrogen and oxygen atoms in total. The Morgan fingerprint density at radius 1 is 1.40 bits per heavy atom. The van der Waals surface area contributed by atoms with Gasteiger partial charge in [-0.1, -0.05) is 0 Å². The third-order valence-electron chi connectivity index (χ3n) is 2.39. The maximum Gasteiger partial charge on any atom is 0.246 e. The Balaban J connectivity index is 2.03. The highest BCUT2D eigenvalue weighted by molar-refractivity contribution is 5.77. The van der Waals surface area contributed by atoms with Gasteiger partial charge in [0.05, 0.1) is 6.04 Å². The number of hydrogen-bond donors (Lipinski definition) is 1. The summed E-state index contributed by atoms with van der Waals surface area (Å²) in [4.78, 5) is 10.8. The van der Waals surface area contributed by atoms with Crippen LogP contribution in [0.4, 0.5) is 0 Å². The molecule has 0 aromatic carbocycles. The lowest BCUT2D eigenvalue weighted by Crippen LogP contribution is -2.30. The molecule has 2 aliphatic rings. The van der Waals surface area contributed by atoms with E-state index in [0.29, 0.717) is 12.3 Å². The van der Waals surface area contributed by atoms with Gasteiger partial charge < -0.3 is 0 Å². The van der Waals surface area contributed by atoms with E-state index in [2.05, 4.69) is 0 Å². The summed E-state index contributed by atoms with van der Waals surface area (Å²) in [5, 5.41) is 10.1.